The van der Waals surface area contributed by atoms with Gasteiger partial charge in [0.2, 0.25) is 0 Å². The highest BCUT2D eigenvalue weighted by atomic mass is 19.1. The van der Waals surface area contributed by atoms with Gasteiger partial charge in [0.25, 0.3) is 0 Å². The average Bonchev–Trinajstić information content (AvgIpc) is 2.26. The number of carbonyl (C=O) groups is 1. The zero-order valence-electron chi connectivity index (χ0n) is 8.20. The number of nitrogens with zero attached hydrogens (tertiary/aromatic N) is 1. The lowest BCUT2D eigenvalue weighted by Crippen LogP contribution is -2.06. The highest BCUT2D eigenvalue weighted by Gasteiger charge is 2.18. The largest absolute Gasteiger partial charge is 0.494 e. The van der Waals surface area contributed by atoms with Crippen molar-refractivity contribution in [3.8, 4) is 11.8 Å². The van der Waals surface area contributed by atoms with Crippen LogP contribution in [0.5, 0.6) is 5.75 Å². The van der Waals surface area contributed by atoms with Crippen molar-refractivity contribution in [2.24, 2.45) is 0 Å². The number of rotatable bonds is 2. The SMILES string of the molecule is COC(=O)c1cc(F)cc(C#N)c1OC. The van der Waals surface area contributed by atoms with E-state index in [0.717, 1.165) is 12.1 Å². The molecule has 0 unspecified atom stereocenters. The van der Waals surface area contributed by atoms with E-state index in [-0.39, 0.29) is 16.9 Å². The van der Waals surface area contributed by atoms with Crippen LogP contribution in [-0.4, -0.2) is 20.2 Å². The van der Waals surface area contributed by atoms with Crippen LogP contribution in [0.1, 0.15) is 15.9 Å². The molecule has 0 heterocycles. The molecule has 0 fully saturated rings. The average molecular weight is 209 g/mol. The van der Waals surface area contributed by atoms with Crippen molar-refractivity contribution in [3.05, 3.63) is 29.1 Å². The number of hydrogen-bond donors (Lipinski definition) is 0. The maximum absolute atomic E-state index is 13.0. The van der Waals surface area contributed by atoms with Crippen LogP contribution >= 0.6 is 0 Å². The summed E-state index contributed by atoms with van der Waals surface area (Å²) in [6.07, 6.45) is 0. The lowest BCUT2D eigenvalue weighted by atomic mass is 10.1. The summed E-state index contributed by atoms with van der Waals surface area (Å²) < 4.78 is 22.3. The first-order chi connectivity index (χ1) is 7.13. The number of halogens is 1. The van der Waals surface area contributed by atoms with Gasteiger partial charge in [-0.2, -0.15) is 5.26 Å². The molecule has 0 aliphatic rings. The molecule has 0 amide bonds. The molecule has 0 saturated heterocycles. The minimum atomic E-state index is -0.747. The van der Waals surface area contributed by atoms with Gasteiger partial charge in [-0.05, 0) is 12.1 Å². The maximum atomic E-state index is 13.0. The minimum Gasteiger partial charge on any atom is -0.494 e. The van der Waals surface area contributed by atoms with Crippen LogP contribution in [0.4, 0.5) is 4.39 Å². The van der Waals surface area contributed by atoms with Gasteiger partial charge in [0.05, 0.1) is 19.8 Å². The third-order valence-electron chi connectivity index (χ3n) is 1.78. The Balaban J connectivity index is 3.43. The Hall–Kier alpha value is -2.09. The summed E-state index contributed by atoms with van der Waals surface area (Å²) in [6, 6.07) is 3.69. The van der Waals surface area contributed by atoms with E-state index in [0.29, 0.717) is 0 Å². The monoisotopic (exact) mass is 209 g/mol. The highest BCUT2D eigenvalue weighted by Crippen LogP contribution is 2.25. The molecule has 0 aromatic heterocycles. The Bertz CT molecular complexity index is 437. The highest BCUT2D eigenvalue weighted by molar-refractivity contribution is 5.93. The van der Waals surface area contributed by atoms with E-state index in [4.69, 9.17) is 10.00 Å². The summed E-state index contributed by atoms with van der Waals surface area (Å²) in [5.74, 6) is -1.42. The van der Waals surface area contributed by atoms with E-state index in [2.05, 4.69) is 4.74 Å². The molecule has 15 heavy (non-hydrogen) atoms. The molecule has 1 rings (SSSR count). The first kappa shape index (κ1) is 11.0. The summed E-state index contributed by atoms with van der Waals surface area (Å²) >= 11 is 0. The summed E-state index contributed by atoms with van der Waals surface area (Å²) in [6.45, 7) is 0. The van der Waals surface area contributed by atoms with Gasteiger partial charge in [-0.15, -0.1) is 0 Å². The number of carbonyl (C=O) groups excluding carboxylic acids is 1. The molecular weight excluding hydrogens is 201 g/mol. The fourth-order valence-corrected chi connectivity index (χ4v) is 1.16. The molecule has 1 aromatic rings. The number of hydrogen-bond acceptors (Lipinski definition) is 4. The summed E-state index contributed by atoms with van der Waals surface area (Å²) in [7, 11) is 2.46. The van der Waals surface area contributed by atoms with Crippen LogP contribution in [0.2, 0.25) is 0 Å². The van der Waals surface area contributed by atoms with Crippen molar-refractivity contribution in [2.75, 3.05) is 14.2 Å². The number of esters is 1. The molecule has 0 spiro atoms. The Morgan fingerprint density at radius 2 is 2.13 bits per heavy atom. The van der Waals surface area contributed by atoms with Crippen LogP contribution in [-0.2, 0) is 4.74 Å². The molecule has 78 valence electrons. The molecule has 1 aromatic carbocycles. The van der Waals surface area contributed by atoms with E-state index < -0.39 is 11.8 Å². The van der Waals surface area contributed by atoms with Gasteiger partial charge in [-0.1, -0.05) is 0 Å². The van der Waals surface area contributed by atoms with Crippen molar-refractivity contribution >= 4 is 5.97 Å². The Morgan fingerprint density at radius 1 is 1.47 bits per heavy atom. The second kappa shape index (κ2) is 4.42. The van der Waals surface area contributed by atoms with Gasteiger partial charge in [-0.25, -0.2) is 9.18 Å². The lowest BCUT2D eigenvalue weighted by molar-refractivity contribution is 0.0596. The molecule has 0 aliphatic heterocycles. The van der Waals surface area contributed by atoms with Crippen LogP contribution in [0.15, 0.2) is 12.1 Å². The topological polar surface area (TPSA) is 59.3 Å². The zero-order chi connectivity index (χ0) is 11.4. The van der Waals surface area contributed by atoms with Crippen molar-refractivity contribution in [1.82, 2.24) is 0 Å². The van der Waals surface area contributed by atoms with Crippen molar-refractivity contribution in [3.63, 3.8) is 0 Å². The van der Waals surface area contributed by atoms with Crippen LogP contribution in [0, 0.1) is 17.1 Å². The van der Waals surface area contributed by atoms with Crippen LogP contribution < -0.4 is 4.74 Å². The Kier molecular flexibility index (Phi) is 3.24. The van der Waals surface area contributed by atoms with E-state index in [1.807, 2.05) is 0 Å². The molecule has 5 heteroatoms. The van der Waals surface area contributed by atoms with Gasteiger partial charge in [-0.3, -0.25) is 0 Å². The first-order valence-corrected chi connectivity index (χ1v) is 4.00. The first-order valence-electron chi connectivity index (χ1n) is 4.00. The van der Waals surface area contributed by atoms with E-state index in [9.17, 15) is 9.18 Å². The molecule has 0 radical (unpaired) electrons. The van der Waals surface area contributed by atoms with Gasteiger partial charge >= 0.3 is 5.97 Å². The van der Waals surface area contributed by atoms with Crippen LogP contribution in [0.25, 0.3) is 0 Å². The van der Waals surface area contributed by atoms with E-state index >= 15 is 0 Å². The fourth-order valence-electron chi connectivity index (χ4n) is 1.16. The van der Waals surface area contributed by atoms with Crippen molar-refractivity contribution in [2.45, 2.75) is 0 Å². The third-order valence-corrected chi connectivity index (χ3v) is 1.78. The summed E-state index contributed by atoms with van der Waals surface area (Å²) in [5, 5.41) is 8.70. The van der Waals surface area contributed by atoms with Gasteiger partial charge in [0.1, 0.15) is 17.4 Å². The number of benzene rings is 1. The van der Waals surface area contributed by atoms with Crippen molar-refractivity contribution < 1.29 is 18.7 Å². The van der Waals surface area contributed by atoms with E-state index in [1.54, 1.807) is 6.07 Å². The Labute approximate surface area is 85.8 Å². The van der Waals surface area contributed by atoms with Gasteiger partial charge < -0.3 is 9.47 Å². The van der Waals surface area contributed by atoms with Crippen LogP contribution in [0.3, 0.4) is 0 Å². The van der Waals surface area contributed by atoms with Gasteiger partial charge in [0.15, 0.2) is 5.75 Å². The quantitative estimate of drug-likeness (QED) is 0.692. The lowest BCUT2D eigenvalue weighted by Gasteiger charge is -2.08. The van der Waals surface area contributed by atoms with E-state index in [1.165, 1.54) is 14.2 Å². The molecular formula is C10H8FNO3. The number of nitriles is 1. The summed E-state index contributed by atoms with van der Waals surface area (Å²) in [5.41, 5.74) is -0.144. The smallest absolute Gasteiger partial charge is 0.341 e. The summed E-state index contributed by atoms with van der Waals surface area (Å²) in [4.78, 5) is 11.2. The Morgan fingerprint density at radius 3 is 2.60 bits per heavy atom. The molecule has 0 aliphatic carbocycles. The zero-order valence-corrected chi connectivity index (χ0v) is 8.20. The predicted octanol–water partition coefficient (Wildman–Crippen LogP) is 1.49. The number of methoxy groups -OCH3 is 2. The molecule has 0 atom stereocenters. The fraction of sp³-hybridized carbons (Fsp3) is 0.200. The maximum Gasteiger partial charge on any atom is 0.341 e. The molecule has 0 N–H and O–H groups in total. The molecule has 4 nitrogen and oxygen atoms in total. The normalized spacial score (nSPS) is 9.20. The molecule has 0 bridgehead atoms. The van der Waals surface area contributed by atoms with Crippen molar-refractivity contribution in [1.29, 1.82) is 5.26 Å². The second-order valence-electron chi connectivity index (χ2n) is 2.64. The molecule has 0 saturated carbocycles. The standard InChI is InChI=1S/C10H8FNO3/c1-14-9-6(5-12)3-7(11)4-8(9)10(13)15-2/h3-4H,1-2H3. The second-order valence-corrected chi connectivity index (χ2v) is 2.64. The number of ether oxygens (including phenoxy) is 2. The minimum absolute atomic E-state index is 0.0192. The third kappa shape index (κ3) is 2.05. The van der Waals surface area contributed by atoms with Gasteiger partial charge in [0, 0.05) is 0 Å². The predicted molar refractivity (Wildman–Crippen MR) is 49.0 cm³/mol.